The molecule has 1 aromatic rings. The lowest BCUT2D eigenvalue weighted by Crippen LogP contribution is -2.17. The van der Waals surface area contributed by atoms with Crippen LogP contribution < -0.4 is 9.47 Å². The number of H-pyrrole nitrogens is 1. The van der Waals surface area contributed by atoms with Gasteiger partial charge in [0.05, 0.1) is 13.2 Å². The molecule has 1 N–H and O–H groups in total. The van der Waals surface area contributed by atoms with Crippen LogP contribution in [0.25, 0.3) is 0 Å². The molecule has 7 heteroatoms. The molecule has 0 fully saturated rings. The van der Waals surface area contributed by atoms with Crippen molar-refractivity contribution in [2.45, 2.75) is 13.8 Å². The van der Waals surface area contributed by atoms with Gasteiger partial charge in [-0.3, -0.25) is 0 Å². The number of esters is 2. The molecule has 2 rings (SSSR count). The van der Waals surface area contributed by atoms with E-state index in [1.54, 1.807) is 13.8 Å². The number of carbonyl (C=O) groups is 2. The van der Waals surface area contributed by atoms with Crippen molar-refractivity contribution < 1.29 is 28.5 Å². The van der Waals surface area contributed by atoms with Crippen LogP contribution in [0.3, 0.4) is 0 Å². The molecule has 1 aromatic heterocycles. The van der Waals surface area contributed by atoms with Crippen LogP contribution in [0, 0.1) is 0 Å². The van der Waals surface area contributed by atoms with Gasteiger partial charge in [0.25, 0.3) is 0 Å². The van der Waals surface area contributed by atoms with Gasteiger partial charge in [0.2, 0.25) is 0 Å². The van der Waals surface area contributed by atoms with Crippen LogP contribution in [-0.4, -0.2) is 43.4 Å². The summed E-state index contributed by atoms with van der Waals surface area (Å²) in [6.07, 6.45) is 0. The van der Waals surface area contributed by atoms with E-state index in [1.807, 2.05) is 0 Å². The summed E-state index contributed by atoms with van der Waals surface area (Å²) >= 11 is 0. The van der Waals surface area contributed by atoms with Gasteiger partial charge in [-0.25, -0.2) is 9.59 Å². The Hall–Kier alpha value is -2.18. The molecule has 19 heavy (non-hydrogen) atoms. The predicted octanol–water partition coefficient (Wildman–Crippen LogP) is 1.14. The zero-order chi connectivity index (χ0) is 13.8. The second-order valence-electron chi connectivity index (χ2n) is 3.67. The molecule has 0 unspecified atom stereocenters. The maximum absolute atomic E-state index is 11.8. The fourth-order valence-electron chi connectivity index (χ4n) is 1.72. The van der Waals surface area contributed by atoms with Gasteiger partial charge in [-0.2, -0.15) is 0 Å². The van der Waals surface area contributed by atoms with Gasteiger partial charge < -0.3 is 23.9 Å². The number of ether oxygens (including phenoxy) is 4. The third-order valence-electron chi connectivity index (χ3n) is 2.45. The Morgan fingerprint density at radius 1 is 1.00 bits per heavy atom. The Labute approximate surface area is 109 Å². The molecule has 7 nitrogen and oxygen atoms in total. The molecule has 104 valence electrons. The molecule has 0 radical (unpaired) electrons. The lowest BCUT2D eigenvalue weighted by molar-refractivity contribution is 0.0509. The second-order valence-corrected chi connectivity index (χ2v) is 3.67. The van der Waals surface area contributed by atoms with Gasteiger partial charge in [-0.1, -0.05) is 0 Å². The van der Waals surface area contributed by atoms with Gasteiger partial charge in [0, 0.05) is 0 Å². The van der Waals surface area contributed by atoms with Crippen molar-refractivity contribution in [1.29, 1.82) is 0 Å². The smallest absolute Gasteiger partial charge is 0.358 e. The van der Waals surface area contributed by atoms with E-state index in [0.717, 1.165) is 0 Å². The second kappa shape index (κ2) is 5.64. The summed E-state index contributed by atoms with van der Waals surface area (Å²) in [6.45, 7) is 4.44. The number of aromatic amines is 1. The fourth-order valence-corrected chi connectivity index (χ4v) is 1.72. The molecule has 0 aromatic carbocycles. The Bertz CT molecular complexity index is 450. The molecule has 0 saturated carbocycles. The average Bonchev–Trinajstić information content (AvgIpc) is 2.79. The van der Waals surface area contributed by atoms with Gasteiger partial charge in [0.15, 0.2) is 22.9 Å². The summed E-state index contributed by atoms with van der Waals surface area (Å²) in [5.41, 5.74) is 0.138. The van der Waals surface area contributed by atoms with E-state index >= 15 is 0 Å². The van der Waals surface area contributed by atoms with E-state index in [2.05, 4.69) is 4.98 Å². The largest absolute Gasteiger partial charge is 0.484 e. The molecular weight excluding hydrogens is 254 g/mol. The molecular formula is C12H15NO6. The first-order valence-electron chi connectivity index (χ1n) is 6.04. The standard InChI is InChI=1S/C12H15NO6/c1-3-16-11(14)7-9-10(19-6-5-18-9)8(13-7)12(15)17-4-2/h13H,3-6H2,1-2H3. The van der Waals surface area contributed by atoms with E-state index in [0.29, 0.717) is 13.2 Å². The quantitative estimate of drug-likeness (QED) is 0.825. The van der Waals surface area contributed by atoms with Crippen LogP contribution in [0.4, 0.5) is 0 Å². The highest BCUT2D eigenvalue weighted by atomic mass is 16.6. The van der Waals surface area contributed by atoms with Crippen LogP contribution in [-0.2, 0) is 9.47 Å². The summed E-state index contributed by atoms with van der Waals surface area (Å²) in [6, 6.07) is 0. The van der Waals surface area contributed by atoms with Crippen molar-refractivity contribution in [2.24, 2.45) is 0 Å². The highest BCUT2D eigenvalue weighted by Gasteiger charge is 2.31. The lowest BCUT2D eigenvalue weighted by atomic mass is 10.3. The summed E-state index contributed by atoms with van der Waals surface area (Å²) < 4.78 is 20.5. The van der Waals surface area contributed by atoms with E-state index in [1.165, 1.54) is 0 Å². The molecule has 1 aliphatic heterocycles. The fraction of sp³-hybridized carbons (Fsp3) is 0.500. The molecule has 0 aliphatic carbocycles. The highest BCUT2D eigenvalue weighted by Crippen LogP contribution is 2.38. The van der Waals surface area contributed by atoms with Crippen LogP contribution in [0.1, 0.15) is 34.8 Å². The minimum atomic E-state index is -0.597. The van der Waals surface area contributed by atoms with Crippen molar-refractivity contribution in [3.05, 3.63) is 11.4 Å². The average molecular weight is 269 g/mol. The summed E-state index contributed by atoms with van der Waals surface area (Å²) in [5.74, 6) is -0.792. The maximum Gasteiger partial charge on any atom is 0.358 e. The van der Waals surface area contributed by atoms with Crippen LogP contribution >= 0.6 is 0 Å². The van der Waals surface area contributed by atoms with Crippen molar-refractivity contribution in [1.82, 2.24) is 4.98 Å². The predicted molar refractivity (Wildman–Crippen MR) is 63.7 cm³/mol. The van der Waals surface area contributed by atoms with E-state index in [4.69, 9.17) is 18.9 Å². The van der Waals surface area contributed by atoms with Gasteiger partial charge in [0.1, 0.15) is 13.2 Å². The minimum absolute atomic E-state index is 0.0691. The lowest BCUT2D eigenvalue weighted by Gasteiger charge is -2.16. The topological polar surface area (TPSA) is 86.9 Å². The van der Waals surface area contributed by atoms with Crippen molar-refractivity contribution in [2.75, 3.05) is 26.4 Å². The summed E-state index contributed by atoms with van der Waals surface area (Å²) in [7, 11) is 0. The molecule has 1 aliphatic rings. The van der Waals surface area contributed by atoms with Crippen LogP contribution in [0.2, 0.25) is 0 Å². The number of hydrogen-bond acceptors (Lipinski definition) is 6. The van der Waals surface area contributed by atoms with Crippen molar-refractivity contribution in [3.63, 3.8) is 0 Å². The molecule has 0 bridgehead atoms. The maximum atomic E-state index is 11.8. The van der Waals surface area contributed by atoms with Crippen molar-refractivity contribution in [3.8, 4) is 11.5 Å². The third-order valence-corrected chi connectivity index (χ3v) is 2.45. The van der Waals surface area contributed by atoms with Gasteiger partial charge >= 0.3 is 11.9 Å². The monoisotopic (exact) mass is 269 g/mol. The highest BCUT2D eigenvalue weighted by molar-refractivity contribution is 5.99. The number of hydrogen-bond donors (Lipinski definition) is 1. The molecule has 0 atom stereocenters. The zero-order valence-corrected chi connectivity index (χ0v) is 10.8. The summed E-state index contributed by atoms with van der Waals surface area (Å²) in [4.78, 5) is 26.2. The van der Waals surface area contributed by atoms with Crippen molar-refractivity contribution >= 4 is 11.9 Å². The first-order valence-corrected chi connectivity index (χ1v) is 6.04. The SMILES string of the molecule is CCOC(=O)c1[nH]c(C(=O)OCC)c2c1OCCO2. The first kappa shape index (κ1) is 13.3. The Kier molecular flexibility index (Phi) is 3.94. The van der Waals surface area contributed by atoms with E-state index in [9.17, 15) is 9.59 Å². The molecule has 0 amide bonds. The van der Waals surface area contributed by atoms with E-state index in [-0.39, 0.29) is 36.1 Å². The number of aromatic nitrogens is 1. The Morgan fingerprint density at radius 3 is 1.79 bits per heavy atom. The van der Waals surface area contributed by atoms with Gasteiger partial charge in [-0.05, 0) is 13.8 Å². The molecule has 0 saturated heterocycles. The zero-order valence-electron chi connectivity index (χ0n) is 10.8. The number of fused-ring (bicyclic) bond motifs is 1. The van der Waals surface area contributed by atoms with Crippen LogP contribution in [0.5, 0.6) is 11.5 Å². The number of carbonyl (C=O) groups excluding carboxylic acids is 2. The Balaban J connectivity index is 2.39. The first-order chi connectivity index (χ1) is 9.19. The van der Waals surface area contributed by atoms with E-state index < -0.39 is 11.9 Å². The summed E-state index contributed by atoms with van der Waals surface area (Å²) in [5, 5.41) is 0. The van der Waals surface area contributed by atoms with Gasteiger partial charge in [-0.15, -0.1) is 0 Å². The molecule has 0 spiro atoms. The number of rotatable bonds is 4. The third kappa shape index (κ3) is 2.49. The normalized spacial score (nSPS) is 12.9. The Morgan fingerprint density at radius 2 is 1.42 bits per heavy atom. The minimum Gasteiger partial charge on any atom is -0.484 e. The molecule has 2 heterocycles. The number of nitrogens with one attached hydrogen (secondary N) is 1. The van der Waals surface area contributed by atoms with Crippen LogP contribution in [0.15, 0.2) is 0 Å².